The highest BCUT2D eigenvalue weighted by molar-refractivity contribution is 9.10. The monoisotopic (exact) mass is 385 g/mol. The molecule has 1 aromatic carbocycles. The van der Waals surface area contributed by atoms with Crippen LogP contribution >= 0.6 is 15.9 Å². The molecule has 1 amide bonds. The van der Waals surface area contributed by atoms with Crippen molar-refractivity contribution in [3.63, 3.8) is 0 Å². The lowest BCUT2D eigenvalue weighted by molar-refractivity contribution is -0.141. The van der Waals surface area contributed by atoms with E-state index in [4.69, 9.17) is 9.84 Å². The summed E-state index contributed by atoms with van der Waals surface area (Å²) in [5.74, 6) is -1.66. The van der Waals surface area contributed by atoms with Gasteiger partial charge in [0.15, 0.2) is 0 Å². The Kier molecular flexibility index (Phi) is 8.26. The zero-order valence-corrected chi connectivity index (χ0v) is 15.4. The average Bonchev–Trinajstić information content (AvgIpc) is 2.52. The smallest absolute Gasteiger partial charge is 0.308 e. The van der Waals surface area contributed by atoms with Gasteiger partial charge in [0.05, 0.1) is 5.92 Å². The second-order valence-corrected chi connectivity index (χ2v) is 6.36. The Balaban J connectivity index is 2.85. The Labute approximate surface area is 145 Å². The maximum absolute atomic E-state index is 12.7. The Bertz CT molecular complexity index is 547. The van der Waals surface area contributed by atoms with Gasteiger partial charge in [-0.3, -0.25) is 9.59 Å². The maximum atomic E-state index is 12.7. The van der Waals surface area contributed by atoms with Crippen LogP contribution in [0.15, 0.2) is 22.7 Å². The van der Waals surface area contributed by atoms with Crippen LogP contribution in [0, 0.1) is 12.8 Å². The van der Waals surface area contributed by atoms with E-state index < -0.39 is 11.9 Å². The fourth-order valence-corrected chi connectivity index (χ4v) is 2.39. The van der Waals surface area contributed by atoms with Crippen molar-refractivity contribution in [1.29, 1.82) is 0 Å². The molecule has 0 fully saturated rings. The van der Waals surface area contributed by atoms with Gasteiger partial charge in [0.25, 0.3) is 5.91 Å². The van der Waals surface area contributed by atoms with Gasteiger partial charge in [0.1, 0.15) is 0 Å². The average molecular weight is 386 g/mol. The highest BCUT2D eigenvalue weighted by Gasteiger charge is 2.21. The van der Waals surface area contributed by atoms with E-state index in [0.717, 1.165) is 10.0 Å². The van der Waals surface area contributed by atoms with Crippen LogP contribution in [0.3, 0.4) is 0 Å². The Morgan fingerprint density at radius 3 is 2.65 bits per heavy atom. The lowest BCUT2D eigenvalue weighted by Crippen LogP contribution is -2.38. The van der Waals surface area contributed by atoms with Crippen molar-refractivity contribution in [2.75, 3.05) is 26.3 Å². The molecule has 5 nitrogen and oxygen atoms in total. The lowest BCUT2D eigenvalue weighted by Gasteiger charge is -2.25. The van der Waals surface area contributed by atoms with Gasteiger partial charge in [-0.15, -0.1) is 0 Å². The van der Waals surface area contributed by atoms with Gasteiger partial charge in [0.2, 0.25) is 0 Å². The summed E-state index contributed by atoms with van der Waals surface area (Å²) < 4.78 is 6.24. The van der Waals surface area contributed by atoms with E-state index in [1.807, 2.05) is 26.0 Å². The van der Waals surface area contributed by atoms with Crippen LogP contribution in [0.25, 0.3) is 0 Å². The van der Waals surface area contributed by atoms with E-state index in [9.17, 15) is 9.59 Å². The molecular formula is C17H24BrNO4. The third-order valence-electron chi connectivity index (χ3n) is 3.53. The van der Waals surface area contributed by atoms with Crippen molar-refractivity contribution in [3.05, 3.63) is 33.8 Å². The lowest BCUT2D eigenvalue weighted by atomic mass is 10.1. The summed E-state index contributed by atoms with van der Waals surface area (Å²) in [6, 6.07) is 5.40. The van der Waals surface area contributed by atoms with Crippen LogP contribution in [0.1, 0.15) is 36.2 Å². The molecule has 1 aromatic rings. The van der Waals surface area contributed by atoms with Gasteiger partial charge >= 0.3 is 5.97 Å². The number of carbonyl (C=O) groups excluding carboxylic acids is 1. The Morgan fingerprint density at radius 2 is 2.09 bits per heavy atom. The normalized spacial score (nSPS) is 12.0. The first kappa shape index (κ1) is 19.6. The second kappa shape index (κ2) is 9.67. The van der Waals surface area contributed by atoms with E-state index in [2.05, 4.69) is 15.9 Å². The highest BCUT2D eigenvalue weighted by atomic mass is 79.9. The molecule has 1 rings (SSSR count). The van der Waals surface area contributed by atoms with Crippen LogP contribution in [0.2, 0.25) is 0 Å². The van der Waals surface area contributed by atoms with Crippen molar-refractivity contribution >= 4 is 27.8 Å². The number of carbonyl (C=O) groups is 2. The topological polar surface area (TPSA) is 66.8 Å². The molecule has 1 N–H and O–H groups in total. The minimum atomic E-state index is -0.903. The molecule has 6 heteroatoms. The number of aryl methyl sites for hydroxylation is 1. The van der Waals surface area contributed by atoms with Gasteiger partial charge in [-0.25, -0.2) is 0 Å². The Morgan fingerprint density at radius 1 is 1.39 bits per heavy atom. The number of carboxylic acids is 1. The maximum Gasteiger partial charge on any atom is 0.308 e. The summed E-state index contributed by atoms with van der Waals surface area (Å²) in [5.41, 5.74) is 1.54. The number of hydrogen-bond acceptors (Lipinski definition) is 3. The van der Waals surface area contributed by atoms with Crippen LogP contribution in [0.4, 0.5) is 0 Å². The van der Waals surface area contributed by atoms with E-state index in [1.54, 1.807) is 17.9 Å². The zero-order valence-electron chi connectivity index (χ0n) is 13.8. The summed E-state index contributed by atoms with van der Waals surface area (Å²) in [7, 11) is 0. The van der Waals surface area contributed by atoms with E-state index in [0.29, 0.717) is 31.7 Å². The first-order valence-corrected chi connectivity index (χ1v) is 8.52. The standard InChI is InChI=1S/C17H24BrNO4/c1-4-23-9-5-8-19(11-13(3)17(21)22)16(20)14-6-7-15(18)12(2)10-14/h6-7,10,13H,4-5,8-9,11H2,1-3H3,(H,21,22). The predicted octanol–water partition coefficient (Wildman–Crippen LogP) is 3.35. The molecule has 0 radical (unpaired) electrons. The van der Waals surface area contributed by atoms with Crippen LogP contribution in [0.5, 0.6) is 0 Å². The third kappa shape index (κ3) is 6.31. The number of amides is 1. The quantitative estimate of drug-likeness (QED) is 0.661. The number of halogens is 1. The minimum absolute atomic E-state index is 0.148. The number of ether oxygens (including phenoxy) is 1. The van der Waals surface area contributed by atoms with Crippen molar-refractivity contribution in [2.24, 2.45) is 5.92 Å². The van der Waals surface area contributed by atoms with Gasteiger partial charge < -0.3 is 14.7 Å². The van der Waals surface area contributed by atoms with Crippen molar-refractivity contribution < 1.29 is 19.4 Å². The molecule has 1 unspecified atom stereocenters. The molecule has 0 saturated heterocycles. The molecule has 0 heterocycles. The molecule has 0 aliphatic carbocycles. The van der Waals surface area contributed by atoms with Gasteiger partial charge in [0, 0.05) is 36.3 Å². The second-order valence-electron chi connectivity index (χ2n) is 5.50. The summed E-state index contributed by atoms with van der Waals surface area (Å²) in [6.07, 6.45) is 0.682. The zero-order chi connectivity index (χ0) is 17.4. The van der Waals surface area contributed by atoms with E-state index in [-0.39, 0.29) is 12.5 Å². The molecular weight excluding hydrogens is 362 g/mol. The molecule has 1 atom stereocenters. The first-order valence-electron chi connectivity index (χ1n) is 7.72. The molecule has 0 saturated carbocycles. The molecule has 128 valence electrons. The first-order chi connectivity index (χ1) is 10.9. The minimum Gasteiger partial charge on any atom is -0.481 e. The van der Waals surface area contributed by atoms with Crippen LogP contribution in [-0.2, 0) is 9.53 Å². The molecule has 0 aromatic heterocycles. The third-order valence-corrected chi connectivity index (χ3v) is 4.42. The molecule has 23 heavy (non-hydrogen) atoms. The van der Waals surface area contributed by atoms with Crippen molar-refractivity contribution in [3.8, 4) is 0 Å². The number of nitrogens with zero attached hydrogens (tertiary/aromatic N) is 1. The van der Waals surface area contributed by atoms with Crippen LogP contribution in [-0.4, -0.2) is 48.2 Å². The summed E-state index contributed by atoms with van der Waals surface area (Å²) in [4.78, 5) is 25.4. The predicted molar refractivity (Wildman–Crippen MR) is 92.7 cm³/mol. The van der Waals surface area contributed by atoms with Gasteiger partial charge in [-0.2, -0.15) is 0 Å². The number of aliphatic carboxylic acids is 1. The Hall–Kier alpha value is -1.40. The summed E-state index contributed by atoms with van der Waals surface area (Å²) in [6.45, 7) is 7.30. The number of carboxylic acid groups (broad SMARTS) is 1. The largest absolute Gasteiger partial charge is 0.481 e. The number of rotatable bonds is 9. The molecule has 0 aliphatic heterocycles. The fraction of sp³-hybridized carbons (Fsp3) is 0.529. The van der Waals surface area contributed by atoms with Crippen molar-refractivity contribution in [1.82, 2.24) is 4.90 Å². The summed E-state index contributed by atoms with van der Waals surface area (Å²) >= 11 is 3.41. The number of benzene rings is 1. The molecule has 0 bridgehead atoms. The van der Waals surface area contributed by atoms with Gasteiger partial charge in [-0.05, 0) is 44.0 Å². The van der Waals surface area contributed by atoms with E-state index in [1.165, 1.54) is 0 Å². The van der Waals surface area contributed by atoms with Crippen LogP contribution < -0.4 is 0 Å². The van der Waals surface area contributed by atoms with E-state index >= 15 is 0 Å². The molecule has 0 aliphatic rings. The van der Waals surface area contributed by atoms with Crippen molar-refractivity contribution in [2.45, 2.75) is 27.2 Å². The molecule has 0 spiro atoms. The number of hydrogen-bond donors (Lipinski definition) is 1. The summed E-state index contributed by atoms with van der Waals surface area (Å²) in [5, 5.41) is 9.10. The van der Waals surface area contributed by atoms with Gasteiger partial charge in [-0.1, -0.05) is 22.9 Å². The fourth-order valence-electron chi connectivity index (χ4n) is 2.15. The highest BCUT2D eigenvalue weighted by Crippen LogP contribution is 2.18. The SMILES string of the molecule is CCOCCCN(CC(C)C(=O)O)C(=O)c1ccc(Br)c(C)c1.